The van der Waals surface area contributed by atoms with Crippen LogP contribution in [0.15, 0.2) is 18.2 Å². The lowest BCUT2D eigenvalue weighted by Gasteiger charge is -2.28. The van der Waals surface area contributed by atoms with Gasteiger partial charge in [0.25, 0.3) is 0 Å². The zero-order chi connectivity index (χ0) is 16.0. The van der Waals surface area contributed by atoms with E-state index in [1.54, 1.807) is 12.1 Å². The Morgan fingerprint density at radius 2 is 1.81 bits per heavy atom. The lowest BCUT2D eigenvalue weighted by Crippen LogP contribution is -2.41. The molecule has 0 aliphatic carbocycles. The summed E-state index contributed by atoms with van der Waals surface area (Å²) < 4.78 is 0. The summed E-state index contributed by atoms with van der Waals surface area (Å²) in [4.78, 5) is 23.5. The predicted octanol–water partition coefficient (Wildman–Crippen LogP) is 2.66. The topological polar surface area (TPSA) is 84.2 Å². The maximum atomic E-state index is 12.4. The summed E-state index contributed by atoms with van der Waals surface area (Å²) >= 11 is 0. The third-order valence-corrected chi connectivity index (χ3v) is 4.02. The number of carbonyl (C=O) groups excluding carboxylic acids is 2. The van der Waals surface area contributed by atoms with Crippen LogP contribution in [0.1, 0.15) is 39.2 Å². The molecule has 0 aromatic heterocycles. The summed E-state index contributed by atoms with van der Waals surface area (Å²) in [6.45, 7) is 7.63. The Hall–Kier alpha value is -1.88. The number of nitrogens with two attached hydrogens (primary N) is 1. The molecule has 0 atom stereocenters. The van der Waals surface area contributed by atoms with Crippen LogP contribution in [0.3, 0.4) is 0 Å². The first-order valence-corrected chi connectivity index (χ1v) is 7.28. The van der Waals surface area contributed by atoms with Gasteiger partial charge in [-0.25, -0.2) is 0 Å². The molecule has 0 bridgehead atoms. The van der Waals surface area contributed by atoms with Crippen LogP contribution in [-0.2, 0) is 9.59 Å². The second-order valence-corrected chi connectivity index (χ2v) is 5.36. The fraction of sp³-hybridized carbons (Fsp3) is 0.500. The van der Waals surface area contributed by atoms with Crippen LogP contribution in [-0.4, -0.2) is 18.4 Å². The van der Waals surface area contributed by atoms with Gasteiger partial charge < -0.3 is 16.4 Å². The van der Waals surface area contributed by atoms with Crippen LogP contribution in [0.4, 0.5) is 11.4 Å². The molecule has 5 nitrogen and oxygen atoms in total. The number of amides is 2. The molecule has 21 heavy (non-hydrogen) atoms. The van der Waals surface area contributed by atoms with Gasteiger partial charge in [0, 0.05) is 24.8 Å². The maximum Gasteiger partial charge on any atom is 0.231 e. The van der Waals surface area contributed by atoms with E-state index >= 15 is 0 Å². The first-order chi connectivity index (χ1) is 9.88. The largest absolute Gasteiger partial charge is 0.329 e. The summed E-state index contributed by atoms with van der Waals surface area (Å²) in [5, 5.41) is 5.67. The van der Waals surface area contributed by atoms with E-state index in [0.29, 0.717) is 25.1 Å². The maximum absolute atomic E-state index is 12.4. The second-order valence-electron chi connectivity index (χ2n) is 5.36. The Balaban J connectivity index is 2.91. The molecule has 0 aliphatic heterocycles. The summed E-state index contributed by atoms with van der Waals surface area (Å²) in [5.74, 6) is -0.171. The standard InChI is InChI=1S/C16H25N3O2/c1-5-16(6-2,10-17)15(21)19-13-7-8-14(11(3)9-13)18-12(4)20/h7-9H,5-6,10,17H2,1-4H3,(H,18,20)(H,19,21). The molecular formula is C16H25N3O2. The van der Waals surface area contributed by atoms with Crippen molar-refractivity contribution in [2.45, 2.75) is 40.5 Å². The molecule has 0 unspecified atom stereocenters. The van der Waals surface area contributed by atoms with E-state index in [1.165, 1.54) is 6.92 Å². The van der Waals surface area contributed by atoms with Crippen molar-refractivity contribution in [2.24, 2.45) is 11.1 Å². The molecular weight excluding hydrogens is 266 g/mol. The number of anilines is 2. The van der Waals surface area contributed by atoms with Gasteiger partial charge in [-0.15, -0.1) is 0 Å². The molecule has 1 aromatic rings. The fourth-order valence-electron chi connectivity index (χ4n) is 2.29. The van der Waals surface area contributed by atoms with Crippen molar-refractivity contribution in [2.75, 3.05) is 17.2 Å². The van der Waals surface area contributed by atoms with E-state index in [0.717, 1.165) is 11.3 Å². The predicted molar refractivity (Wildman–Crippen MR) is 86.2 cm³/mol. The van der Waals surface area contributed by atoms with Gasteiger partial charge in [-0.1, -0.05) is 13.8 Å². The van der Waals surface area contributed by atoms with Crippen molar-refractivity contribution in [3.05, 3.63) is 23.8 Å². The van der Waals surface area contributed by atoms with Crippen LogP contribution in [0.25, 0.3) is 0 Å². The molecule has 4 N–H and O–H groups in total. The Kier molecular flexibility index (Phi) is 5.90. The Morgan fingerprint density at radius 1 is 1.19 bits per heavy atom. The number of hydrogen-bond donors (Lipinski definition) is 3. The number of nitrogens with one attached hydrogen (secondary N) is 2. The van der Waals surface area contributed by atoms with Crippen LogP contribution in [0.5, 0.6) is 0 Å². The van der Waals surface area contributed by atoms with Crippen LogP contribution in [0.2, 0.25) is 0 Å². The molecule has 0 saturated heterocycles. The first-order valence-electron chi connectivity index (χ1n) is 7.28. The third-order valence-electron chi connectivity index (χ3n) is 4.02. The zero-order valence-electron chi connectivity index (χ0n) is 13.2. The summed E-state index contributed by atoms with van der Waals surface area (Å²) in [5.41, 5.74) is 7.62. The van der Waals surface area contributed by atoms with Crippen molar-refractivity contribution in [1.29, 1.82) is 0 Å². The Bertz CT molecular complexity index is 514. The second kappa shape index (κ2) is 7.22. The van der Waals surface area contributed by atoms with E-state index in [-0.39, 0.29) is 11.8 Å². The van der Waals surface area contributed by atoms with E-state index in [2.05, 4.69) is 10.6 Å². The van der Waals surface area contributed by atoms with Crippen LogP contribution < -0.4 is 16.4 Å². The molecule has 0 heterocycles. The summed E-state index contributed by atoms with van der Waals surface area (Å²) in [7, 11) is 0. The Labute approximate surface area is 126 Å². The molecule has 1 aromatic carbocycles. The first kappa shape index (κ1) is 17.2. The molecule has 0 spiro atoms. The van der Waals surface area contributed by atoms with E-state index in [4.69, 9.17) is 5.73 Å². The molecule has 0 fully saturated rings. The number of aryl methyl sites for hydroxylation is 1. The highest BCUT2D eigenvalue weighted by Gasteiger charge is 2.33. The number of hydrogen-bond acceptors (Lipinski definition) is 3. The van der Waals surface area contributed by atoms with Gasteiger partial charge in [0.05, 0.1) is 5.41 Å². The highest BCUT2D eigenvalue weighted by Crippen LogP contribution is 2.28. The Morgan fingerprint density at radius 3 is 2.24 bits per heavy atom. The van der Waals surface area contributed by atoms with E-state index < -0.39 is 5.41 Å². The van der Waals surface area contributed by atoms with Gasteiger partial charge in [-0.05, 0) is 43.5 Å². The molecule has 0 aliphatic rings. The van der Waals surface area contributed by atoms with Gasteiger partial charge in [0.2, 0.25) is 11.8 Å². The normalized spacial score (nSPS) is 11.1. The van der Waals surface area contributed by atoms with E-state index in [9.17, 15) is 9.59 Å². The average Bonchev–Trinajstić information content (AvgIpc) is 2.44. The van der Waals surface area contributed by atoms with Gasteiger partial charge in [-0.2, -0.15) is 0 Å². The smallest absolute Gasteiger partial charge is 0.231 e. The molecule has 1 rings (SSSR count). The van der Waals surface area contributed by atoms with Crippen molar-refractivity contribution in [3.63, 3.8) is 0 Å². The average molecular weight is 291 g/mol. The van der Waals surface area contributed by atoms with Crippen molar-refractivity contribution >= 4 is 23.2 Å². The monoisotopic (exact) mass is 291 g/mol. The van der Waals surface area contributed by atoms with Gasteiger partial charge in [0.15, 0.2) is 0 Å². The molecule has 0 radical (unpaired) electrons. The van der Waals surface area contributed by atoms with E-state index in [1.807, 2.05) is 26.8 Å². The minimum absolute atomic E-state index is 0.0540. The number of benzene rings is 1. The van der Waals surface area contributed by atoms with Crippen LogP contribution >= 0.6 is 0 Å². The van der Waals surface area contributed by atoms with Gasteiger partial charge in [0.1, 0.15) is 0 Å². The van der Waals surface area contributed by atoms with Crippen molar-refractivity contribution < 1.29 is 9.59 Å². The van der Waals surface area contributed by atoms with Crippen molar-refractivity contribution in [1.82, 2.24) is 0 Å². The minimum Gasteiger partial charge on any atom is -0.329 e. The highest BCUT2D eigenvalue weighted by molar-refractivity contribution is 5.96. The molecule has 5 heteroatoms. The zero-order valence-corrected chi connectivity index (χ0v) is 13.2. The summed E-state index contributed by atoms with van der Waals surface area (Å²) in [6, 6.07) is 5.41. The lowest BCUT2D eigenvalue weighted by molar-refractivity contribution is -0.125. The van der Waals surface area contributed by atoms with Gasteiger partial charge in [-0.3, -0.25) is 9.59 Å². The molecule has 2 amide bonds. The number of rotatable bonds is 6. The fourth-order valence-corrected chi connectivity index (χ4v) is 2.29. The summed E-state index contributed by atoms with van der Waals surface area (Å²) in [6.07, 6.45) is 1.41. The third kappa shape index (κ3) is 4.04. The minimum atomic E-state index is -0.524. The highest BCUT2D eigenvalue weighted by atomic mass is 16.2. The lowest BCUT2D eigenvalue weighted by atomic mass is 9.81. The van der Waals surface area contributed by atoms with Crippen LogP contribution in [0, 0.1) is 12.3 Å². The molecule has 116 valence electrons. The quantitative estimate of drug-likeness (QED) is 0.753. The number of carbonyl (C=O) groups is 2. The molecule has 0 saturated carbocycles. The van der Waals surface area contributed by atoms with Crippen molar-refractivity contribution in [3.8, 4) is 0 Å². The van der Waals surface area contributed by atoms with Gasteiger partial charge >= 0.3 is 0 Å². The SMILES string of the molecule is CCC(CC)(CN)C(=O)Nc1ccc(NC(C)=O)c(C)c1.